The number of hydrogen-bond donors (Lipinski definition) is 24. The van der Waals surface area contributed by atoms with E-state index in [9.17, 15) is 89.9 Å². The van der Waals surface area contributed by atoms with Gasteiger partial charge in [-0.05, 0) is 103 Å². The van der Waals surface area contributed by atoms with Gasteiger partial charge in [-0.15, -0.1) is 23.5 Å². The molecular weight excluding hydrogens is 1740 g/mol. The molecule has 0 aromatic carbocycles. The maximum Gasteiger partial charge on any atom is 0.373 e. The Balaban J connectivity index is 0.000000447. The fourth-order valence-corrected chi connectivity index (χ4v) is 19.2. The zero-order valence-corrected chi connectivity index (χ0v) is 73.4. The van der Waals surface area contributed by atoms with Gasteiger partial charge in [0.2, 0.25) is 7.57 Å². The summed E-state index contributed by atoms with van der Waals surface area (Å²) in [6.45, 7) is 14.9. The number of aliphatic hydroxyl groups is 19. The second kappa shape index (κ2) is 50.0. The van der Waals surface area contributed by atoms with Gasteiger partial charge < -0.3 is 168 Å². The number of nitrogens with zero attached hydrogens (tertiary/aromatic N) is 3. The summed E-state index contributed by atoms with van der Waals surface area (Å²) >= 11 is 11.8. The molecule has 0 amide bonds. The van der Waals surface area contributed by atoms with Crippen LogP contribution in [0.1, 0.15) is 94.4 Å². The molecule has 43 nitrogen and oxygen atoms in total. The Labute approximate surface area is 700 Å². The Morgan fingerprint density at radius 1 is 0.568 bits per heavy atom. The zero-order valence-electron chi connectivity index (χ0n) is 66.5. The molecule has 0 aromatic heterocycles. The van der Waals surface area contributed by atoms with Gasteiger partial charge in [0, 0.05) is 53.7 Å². The third-order valence-electron chi connectivity index (χ3n) is 20.7. The first-order chi connectivity index (χ1) is 54.2. The van der Waals surface area contributed by atoms with Crippen molar-refractivity contribution in [2.75, 3.05) is 65.7 Å². The van der Waals surface area contributed by atoms with Crippen LogP contribution < -0.4 is 0 Å². The van der Waals surface area contributed by atoms with Gasteiger partial charge in [0.15, 0.2) is 13.0 Å². The maximum absolute atomic E-state index is 12.8. The fourth-order valence-electron chi connectivity index (χ4n) is 14.4. The number of hydrogen-bond acceptors (Lipinski definition) is 40. The third kappa shape index (κ3) is 33.8. The standard InChI is InChI=1S/2C9H14O3.C7H15O6P.2C7H15O5PS.C6H12BO6P.C6H11FO2S.C6H11N3O3.C6H12O3S.2CO2/c1-5-2-8(10)3-6-4-9(6,11)7(8)12-5;1-5-3-9(4-10)8(11)7(5)6(2)12-9;1-4-6(8)7(9)5(13-4)3-12-14(2,10)11;1-4-6(8)7(9)5(12-4)3-11-13(2,10)14;1-4-6(8)7(9)5(12-4)2-3-13(10,11)14;1-3-5(8)6(9)4(13-3)2-12-14(7,10)11;1-3-5(7)6(9)4(2-8)10-3;1-3-5(8-9-7)6(11)4(2-10)12-3;1-3-5(8)6(9)4(2-7)10-3;2*2-1-3/h5-7,10-11H,2-4H2,1H3;6-8,10-11H,1,3-4H2,2H3;4-9H,3H2,1-2H3,(H,10,11);4-9H,3H2,1-2H3,(H,10,14);4-9H,2-3H2,1H3,(H2,10,11,14);3-6,8-9H,2H2,1H3,(H,10,11);3-6,8-9H,2H2,1H3;3-6,10-11H,2H2,1H3;3-9H,2H2,1H3;;/t5?,6-,7?,8-,9-;6-,7+,8?,9+;4-,5+,6+,7?;4-,5+,6+,7?,13?;4-,5+,6+,7?;4*3-,4+,5+,6?;;/m100000000../s1. The lowest BCUT2D eigenvalue weighted by Gasteiger charge is -2.28. The van der Waals surface area contributed by atoms with Gasteiger partial charge >= 0.3 is 19.9 Å². The van der Waals surface area contributed by atoms with Crippen molar-refractivity contribution in [3.05, 3.63) is 22.6 Å². The molecule has 9 aliphatic heterocycles. The maximum atomic E-state index is 12.8. The van der Waals surface area contributed by atoms with Crippen LogP contribution in [-0.4, -0.2) is 416 Å². The lowest BCUT2D eigenvalue weighted by Crippen LogP contribution is -2.41. The van der Waals surface area contributed by atoms with E-state index >= 15 is 0 Å². The second-order valence-electron chi connectivity index (χ2n) is 30.2. The molecule has 118 heavy (non-hydrogen) atoms. The minimum atomic E-state index is -4.06. The van der Waals surface area contributed by atoms with Crippen LogP contribution in [0, 0.1) is 11.8 Å². The average Bonchev–Trinajstić information content (AvgIpc) is 1.52. The number of azide groups is 1. The molecule has 0 aromatic rings. The number of rotatable bonds is 17. The van der Waals surface area contributed by atoms with Crippen LogP contribution in [0.5, 0.6) is 0 Å². The minimum Gasteiger partial charge on any atom is -0.395 e. The smallest absolute Gasteiger partial charge is 0.373 e. The van der Waals surface area contributed by atoms with Gasteiger partial charge in [-0.25, -0.2) is 4.39 Å². The van der Waals surface area contributed by atoms with Crippen LogP contribution in [0.2, 0.25) is 0 Å². The molecule has 688 valence electrons. The van der Waals surface area contributed by atoms with Gasteiger partial charge in [0.05, 0.1) is 147 Å². The molecule has 13 unspecified atom stereocenters. The molecule has 2 radical (unpaired) electrons. The highest BCUT2D eigenvalue weighted by Gasteiger charge is 2.74. The summed E-state index contributed by atoms with van der Waals surface area (Å²) in [5, 5.41) is 179. The van der Waals surface area contributed by atoms with Crippen molar-refractivity contribution in [1.29, 1.82) is 0 Å². The van der Waals surface area contributed by atoms with E-state index < -0.39 is 191 Å². The van der Waals surface area contributed by atoms with Crippen LogP contribution in [0.3, 0.4) is 0 Å². The summed E-state index contributed by atoms with van der Waals surface area (Å²) in [5.74, 6) is 0.331. The van der Waals surface area contributed by atoms with Crippen LogP contribution in [-0.2, 0) is 98.7 Å². The minimum absolute atomic E-state index is 0.00611. The van der Waals surface area contributed by atoms with Gasteiger partial charge in [-0.1, -0.05) is 31.1 Å². The molecule has 3 saturated carbocycles. The van der Waals surface area contributed by atoms with Crippen LogP contribution in [0.4, 0.5) is 4.39 Å². The number of aliphatic hydroxyl groups excluding tert-OH is 17. The topological polar surface area (TPSA) is 729 Å². The quantitative estimate of drug-likeness (QED) is 0.0162. The molecule has 0 spiro atoms. The number of fused-ring (bicyclic) bond motifs is 5. The molecule has 40 atom stereocenters. The van der Waals surface area contributed by atoms with Crippen molar-refractivity contribution in [2.45, 2.75) is 303 Å². The van der Waals surface area contributed by atoms with E-state index in [0.717, 1.165) is 25.1 Å². The molecule has 12 fully saturated rings. The summed E-state index contributed by atoms with van der Waals surface area (Å²) in [6, 6.07) is -0.591. The van der Waals surface area contributed by atoms with E-state index in [0.29, 0.717) is 18.8 Å². The number of ether oxygens (including phenoxy) is 7. The van der Waals surface area contributed by atoms with Crippen molar-refractivity contribution in [1.82, 2.24) is 0 Å². The lowest BCUT2D eigenvalue weighted by atomic mass is 9.92. The van der Waals surface area contributed by atoms with Gasteiger partial charge in [0.25, 0.3) is 7.47 Å². The monoisotopic (exact) mass is 1860 g/mol. The van der Waals surface area contributed by atoms with E-state index in [2.05, 4.69) is 49.3 Å². The summed E-state index contributed by atoms with van der Waals surface area (Å²) in [7, 11) is -2.90. The Bertz CT molecular complexity index is 3120. The second-order valence-corrected chi connectivity index (χ2v) is 44.1. The predicted octanol–water partition coefficient (Wildman–Crippen LogP) is -5.12. The van der Waals surface area contributed by atoms with E-state index in [-0.39, 0.29) is 122 Å². The number of thioether (sulfide) groups is 2. The Hall–Kier alpha value is -1.10. The van der Waals surface area contributed by atoms with Crippen LogP contribution in [0.25, 0.3) is 10.4 Å². The van der Waals surface area contributed by atoms with Gasteiger partial charge in [-0.3, -0.25) is 9.13 Å². The van der Waals surface area contributed by atoms with Crippen molar-refractivity contribution < 1.29 is 201 Å². The highest BCUT2D eigenvalue weighted by molar-refractivity contribution is 8.09. The SMILES string of the molecule is C=C1C[C@]2(CO)O[C@@H](C)[C@@H]1C2O.CC1C[C@@]2(O)C[C@@H]3C[C@]3(O)C2O1.C[C@@H]1O[C@H](CCP(O)(O)=S)C(O)[C@@H]1O.C[C@@H]1O[C@H](CO)C(O)[C@@H]1N=[N+]=[N-].C[C@@H]1O[C@H](COP(C)(=O)O)C(O)[C@@H]1O.C[C@@H]1O[C@H](COP(C)(O)=S)C(O)[C@@H]1O.C[C@@H]1S[C@H](CO)C(O)[C@@H]1F.C[C@@H]1S[C@H](CO)C(O)[C@@H]1O.O=C=O.O=C=O.[B]P(=O)(O)OC[C@H]1O[C@@H](C)[C@@H](O)C1O. The van der Waals surface area contributed by atoms with Gasteiger partial charge in [-0.2, -0.15) is 19.2 Å². The number of halogens is 1. The predicted molar refractivity (Wildman–Crippen MR) is 420 cm³/mol. The van der Waals surface area contributed by atoms with Gasteiger partial charge in [0.1, 0.15) is 97.2 Å². The Kier molecular flexibility index (Phi) is 47.9. The van der Waals surface area contributed by atoms with E-state index in [1.165, 1.54) is 30.2 Å². The van der Waals surface area contributed by atoms with Crippen molar-refractivity contribution in [3.8, 4) is 0 Å². The Morgan fingerprint density at radius 2 is 0.983 bits per heavy atom. The van der Waals surface area contributed by atoms with Crippen molar-refractivity contribution in [3.63, 3.8) is 0 Å². The largest absolute Gasteiger partial charge is 0.395 e. The summed E-state index contributed by atoms with van der Waals surface area (Å²) in [6.07, 6.45) is -15.2. The third-order valence-corrected chi connectivity index (χ3v) is 27.1. The fraction of sp³-hybridized carbons (Fsp3) is 0.938. The molecule has 9 heterocycles. The lowest BCUT2D eigenvalue weighted by molar-refractivity contribution is -0.193. The first-order valence-electron chi connectivity index (χ1n) is 36.9. The first-order valence-corrected chi connectivity index (χ1v) is 48.5. The van der Waals surface area contributed by atoms with Crippen molar-refractivity contribution in [2.24, 2.45) is 17.0 Å². The molecular formula is C65H119BFN3O40P4S4. The van der Waals surface area contributed by atoms with E-state index in [1.54, 1.807) is 41.5 Å². The van der Waals surface area contributed by atoms with Crippen molar-refractivity contribution >= 4 is 95.1 Å². The number of alkyl halides is 1. The van der Waals surface area contributed by atoms with E-state index in [4.69, 9.17) is 115 Å². The van der Waals surface area contributed by atoms with Crippen LogP contribution >= 0.6 is 51.6 Å². The molecule has 12 rings (SSSR count). The molecule has 12 aliphatic rings. The molecule has 53 heteroatoms. The summed E-state index contributed by atoms with van der Waals surface area (Å²) < 4.78 is 84.9. The normalized spacial score (nSPS) is 44.3. The van der Waals surface area contributed by atoms with E-state index in [1.807, 2.05) is 20.8 Å². The molecule has 9 saturated heterocycles. The average molecular weight is 1860 g/mol. The highest BCUT2D eigenvalue weighted by Crippen LogP contribution is 2.64. The molecule has 3 aliphatic carbocycles. The summed E-state index contributed by atoms with van der Waals surface area (Å²) in [5.41, 5.74) is 7.05. The Morgan fingerprint density at radius 3 is 1.27 bits per heavy atom. The first kappa shape index (κ1) is 113. The molecule has 2 bridgehead atoms. The van der Waals surface area contributed by atoms with Crippen LogP contribution in [0.15, 0.2) is 17.3 Å². The highest BCUT2D eigenvalue weighted by atomic mass is 32.5. The zero-order chi connectivity index (χ0) is 91.2. The summed E-state index contributed by atoms with van der Waals surface area (Å²) in [4.78, 5) is 79.7. The number of carbonyl (C=O) groups excluding carboxylic acids is 4. The molecule has 24 N–H and O–H groups in total.